The van der Waals surface area contributed by atoms with Crippen molar-refractivity contribution >= 4 is 23.7 Å². The predicted octanol–water partition coefficient (Wildman–Crippen LogP) is 2.11. The monoisotopic (exact) mass is 307 g/mol. The first-order valence-electron chi connectivity index (χ1n) is 5.89. The third-order valence-corrected chi connectivity index (χ3v) is 3.29. The van der Waals surface area contributed by atoms with E-state index in [1.54, 1.807) is 17.7 Å². The summed E-state index contributed by atoms with van der Waals surface area (Å²) in [4.78, 5) is 10.5. The van der Waals surface area contributed by atoms with Crippen molar-refractivity contribution in [3.05, 3.63) is 39.7 Å². The molecule has 0 spiro atoms. The highest BCUT2D eigenvalue weighted by Crippen LogP contribution is 2.27. The number of hydrogen-bond acceptors (Lipinski definition) is 7. The second-order valence-corrected chi connectivity index (χ2v) is 4.75. The van der Waals surface area contributed by atoms with Crippen molar-refractivity contribution in [2.24, 2.45) is 5.10 Å². The maximum Gasteiger partial charge on any atom is 0.311 e. The molecule has 0 aliphatic carbocycles. The van der Waals surface area contributed by atoms with E-state index in [2.05, 4.69) is 15.3 Å². The molecule has 2 aromatic rings. The molecule has 0 bridgehead atoms. The van der Waals surface area contributed by atoms with Gasteiger partial charge in [0.25, 0.3) is 0 Å². The molecule has 1 heterocycles. The Kier molecular flexibility index (Phi) is 4.53. The largest absolute Gasteiger partial charge is 0.490 e. The van der Waals surface area contributed by atoms with Crippen LogP contribution in [0.3, 0.4) is 0 Å². The number of aromatic nitrogens is 3. The van der Waals surface area contributed by atoms with E-state index in [0.29, 0.717) is 16.5 Å². The second-order valence-electron chi connectivity index (χ2n) is 3.98. The number of thioether (sulfide) groups is 1. The van der Waals surface area contributed by atoms with Gasteiger partial charge >= 0.3 is 5.69 Å². The van der Waals surface area contributed by atoms with Gasteiger partial charge in [0, 0.05) is 11.6 Å². The predicted molar refractivity (Wildman–Crippen MR) is 79.2 cm³/mol. The maximum atomic E-state index is 11.0. The van der Waals surface area contributed by atoms with Crippen LogP contribution in [0.4, 0.5) is 5.69 Å². The first-order chi connectivity index (χ1) is 10.1. The van der Waals surface area contributed by atoms with Crippen molar-refractivity contribution in [3.8, 4) is 5.75 Å². The molecule has 0 aliphatic heterocycles. The normalized spacial score (nSPS) is 11.0. The summed E-state index contributed by atoms with van der Waals surface area (Å²) >= 11 is 1.41. The van der Waals surface area contributed by atoms with E-state index < -0.39 is 4.92 Å². The maximum absolute atomic E-state index is 11.0. The zero-order valence-electron chi connectivity index (χ0n) is 11.7. The fourth-order valence-electron chi connectivity index (χ4n) is 1.65. The van der Waals surface area contributed by atoms with E-state index in [0.717, 1.165) is 0 Å². The van der Waals surface area contributed by atoms with E-state index in [-0.39, 0.29) is 11.4 Å². The number of nitrogens with zero attached hydrogens (tertiary/aromatic N) is 5. The molecule has 0 saturated heterocycles. The fourth-order valence-corrected chi connectivity index (χ4v) is 2.13. The summed E-state index contributed by atoms with van der Waals surface area (Å²) in [5.41, 5.74) is 0.481. The highest BCUT2D eigenvalue weighted by atomic mass is 32.2. The summed E-state index contributed by atoms with van der Waals surface area (Å²) in [5, 5.41) is 23.7. The molecule has 0 fully saturated rings. The van der Waals surface area contributed by atoms with Crippen molar-refractivity contribution in [3.63, 3.8) is 0 Å². The molecular formula is C12H13N5O3S. The number of benzene rings is 1. The third kappa shape index (κ3) is 3.19. The summed E-state index contributed by atoms with van der Waals surface area (Å²) in [5.74, 6) is 0.848. The summed E-state index contributed by atoms with van der Waals surface area (Å²) in [6.07, 6.45) is 3.39. The minimum atomic E-state index is -0.493. The van der Waals surface area contributed by atoms with Gasteiger partial charge in [-0.15, -0.1) is 10.2 Å². The molecule has 110 valence electrons. The van der Waals surface area contributed by atoms with Crippen LogP contribution in [0, 0.1) is 17.0 Å². The Morgan fingerprint density at radius 3 is 2.86 bits per heavy atom. The minimum Gasteiger partial charge on any atom is -0.490 e. The van der Waals surface area contributed by atoms with E-state index >= 15 is 0 Å². The van der Waals surface area contributed by atoms with Crippen molar-refractivity contribution in [2.75, 3.05) is 13.4 Å². The second kappa shape index (κ2) is 6.35. The lowest BCUT2D eigenvalue weighted by Crippen LogP contribution is -1.97. The molecule has 1 aromatic carbocycles. The number of methoxy groups -OCH3 is 1. The molecule has 0 N–H and O–H groups in total. The van der Waals surface area contributed by atoms with Crippen LogP contribution in [0.25, 0.3) is 0 Å². The first kappa shape index (κ1) is 15.0. The summed E-state index contributed by atoms with van der Waals surface area (Å²) in [6.45, 7) is 1.78. The Bertz CT molecular complexity index is 698. The number of nitro groups is 1. The van der Waals surface area contributed by atoms with Gasteiger partial charge in [-0.1, -0.05) is 11.8 Å². The highest BCUT2D eigenvalue weighted by molar-refractivity contribution is 7.98. The van der Waals surface area contributed by atoms with Gasteiger partial charge in [-0.25, -0.2) is 0 Å². The van der Waals surface area contributed by atoms with E-state index in [1.807, 2.05) is 6.26 Å². The smallest absolute Gasteiger partial charge is 0.311 e. The van der Waals surface area contributed by atoms with Gasteiger partial charge in [0.05, 0.1) is 18.2 Å². The van der Waals surface area contributed by atoms with Gasteiger partial charge in [0.2, 0.25) is 5.16 Å². The van der Waals surface area contributed by atoms with Gasteiger partial charge in [-0.05, 0) is 25.3 Å². The van der Waals surface area contributed by atoms with Crippen LogP contribution in [-0.2, 0) is 0 Å². The third-order valence-electron chi connectivity index (χ3n) is 2.67. The number of nitro benzene ring substituents is 1. The van der Waals surface area contributed by atoms with Gasteiger partial charge in [0.15, 0.2) is 11.6 Å². The number of aryl methyl sites for hydroxylation is 1. The lowest BCUT2D eigenvalue weighted by atomic mass is 10.2. The topological polar surface area (TPSA) is 95.4 Å². The van der Waals surface area contributed by atoms with Crippen LogP contribution >= 0.6 is 11.8 Å². The van der Waals surface area contributed by atoms with Crippen molar-refractivity contribution in [1.29, 1.82) is 0 Å². The van der Waals surface area contributed by atoms with E-state index in [4.69, 9.17) is 4.74 Å². The van der Waals surface area contributed by atoms with Crippen molar-refractivity contribution in [2.45, 2.75) is 12.1 Å². The Morgan fingerprint density at radius 1 is 1.48 bits per heavy atom. The van der Waals surface area contributed by atoms with Crippen LogP contribution in [0.5, 0.6) is 5.75 Å². The summed E-state index contributed by atoms with van der Waals surface area (Å²) < 4.78 is 6.52. The molecule has 0 unspecified atom stereocenters. The summed E-state index contributed by atoms with van der Waals surface area (Å²) in [7, 11) is 1.39. The van der Waals surface area contributed by atoms with E-state index in [1.165, 1.54) is 37.2 Å². The van der Waals surface area contributed by atoms with Crippen LogP contribution in [-0.4, -0.2) is 39.4 Å². The standard InChI is InChI=1S/C12H13N5O3S/c1-8-14-15-12(21-3)16(8)13-7-9-4-5-11(20-2)10(6-9)17(18)19/h4-7H,1-3H3/b13-7-. The van der Waals surface area contributed by atoms with Crippen molar-refractivity contribution < 1.29 is 9.66 Å². The highest BCUT2D eigenvalue weighted by Gasteiger charge is 2.14. The lowest BCUT2D eigenvalue weighted by Gasteiger charge is -2.02. The number of hydrogen-bond donors (Lipinski definition) is 0. The zero-order valence-corrected chi connectivity index (χ0v) is 12.5. The van der Waals surface area contributed by atoms with Crippen LogP contribution in [0.15, 0.2) is 28.5 Å². The van der Waals surface area contributed by atoms with E-state index in [9.17, 15) is 10.1 Å². The minimum absolute atomic E-state index is 0.105. The molecule has 0 atom stereocenters. The Labute approximate surface area is 125 Å². The van der Waals surface area contributed by atoms with Crippen molar-refractivity contribution in [1.82, 2.24) is 14.9 Å². The molecular weight excluding hydrogens is 294 g/mol. The van der Waals surface area contributed by atoms with Gasteiger partial charge in [-0.2, -0.15) is 9.78 Å². The molecule has 0 aliphatic rings. The van der Waals surface area contributed by atoms with Gasteiger partial charge in [0.1, 0.15) is 0 Å². The zero-order chi connectivity index (χ0) is 15.4. The average Bonchev–Trinajstić information content (AvgIpc) is 2.85. The molecule has 9 heteroatoms. The molecule has 0 radical (unpaired) electrons. The molecule has 0 saturated carbocycles. The molecule has 2 rings (SSSR count). The first-order valence-corrected chi connectivity index (χ1v) is 7.12. The molecule has 8 nitrogen and oxygen atoms in total. The van der Waals surface area contributed by atoms with Crippen LogP contribution < -0.4 is 4.74 Å². The Morgan fingerprint density at radius 2 is 2.24 bits per heavy atom. The summed E-state index contributed by atoms with van der Waals surface area (Å²) in [6, 6.07) is 4.63. The molecule has 21 heavy (non-hydrogen) atoms. The average molecular weight is 307 g/mol. The van der Waals surface area contributed by atoms with Gasteiger partial charge < -0.3 is 4.74 Å². The van der Waals surface area contributed by atoms with Gasteiger partial charge in [-0.3, -0.25) is 10.1 Å². The fraction of sp³-hybridized carbons (Fsp3) is 0.250. The molecule has 0 amide bonds. The Hall–Kier alpha value is -2.42. The SMILES string of the molecule is COc1ccc(/C=N\n2c(C)nnc2SC)cc1[N+](=O)[O-]. The van der Waals surface area contributed by atoms with Crippen LogP contribution in [0.2, 0.25) is 0 Å². The number of rotatable bonds is 5. The lowest BCUT2D eigenvalue weighted by molar-refractivity contribution is -0.385. The van der Waals surface area contributed by atoms with Crippen LogP contribution in [0.1, 0.15) is 11.4 Å². The molecule has 1 aromatic heterocycles. The quantitative estimate of drug-likeness (QED) is 0.363. The Balaban J connectivity index is 2.35. The number of ether oxygens (including phenoxy) is 1.